The van der Waals surface area contributed by atoms with E-state index < -0.39 is 33.3 Å². The highest BCUT2D eigenvalue weighted by molar-refractivity contribution is 6.85. The van der Waals surface area contributed by atoms with Gasteiger partial charge in [-0.2, -0.15) is 0 Å². The molecule has 0 heterocycles. The SMILES string of the molecule is CCCCCCCCC[Si](C)(C)O[Si](C)(C)CCCCCCOc1ccc(CCCCCC)c(OCCCCCC[Si](C)(C)O[Si](C)(C)CCCCCCCCC)c1. The van der Waals surface area contributed by atoms with Crippen LogP contribution in [0.25, 0.3) is 0 Å². The number of ether oxygens (including phenoxy) is 2. The standard InChI is InChI=1S/C50H102O4Si4/c1-12-15-18-21-23-27-34-43-55(4,5)53-57(8,9)45-36-29-25-32-41-51-49-40-39-48(38-31-20-17-14-3)50(47-49)52-42-33-26-30-37-46-58(10,11)54-56(6,7)44-35-28-24-22-19-16-13-2/h39-40,47H,12-38,41-46H2,1-11H3. The summed E-state index contributed by atoms with van der Waals surface area (Å²) in [5.41, 5.74) is 1.35. The molecule has 0 amide bonds. The van der Waals surface area contributed by atoms with Crippen LogP contribution in [0.3, 0.4) is 0 Å². The van der Waals surface area contributed by atoms with Crippen LogP contribution in [0.2, 0.25) is 76.6 Å². The molecule has 0 saturated carbocycles. The highest BCUT2D eigenvalue weighted by Gasteiger charge is 2.33. The third-order valence-electron chi connectivity index (χ3n) is 12.1. The molecule has 0 aliphatic heterocycles. The third kappa shape index (κ3) is 31.5. The zero-order valence-electron chi connectivity index (χ0n) is 41.2. The van der Waals surface area contributed by atoms with Crippen molar-refractivity contribution in [3.8, 4) is 11.5 Å². The summed E-state index contributed by atoms with van der Waals surface area (Å²) in [6.45, 7) is 28.2. The predicted molar refractivity (Wildman–Crippen MR) is 270 cm³/mol. The van der Waals surface area contributed by atoms with Gasteiger partial charge in [-0.3, -0.25) is 0 Å². The van der Waals surface area contributed by atoms with Crippen molar-refractivity contribution >= 4 is 33.3 Å². The molecule has 342 valence electrons. The van der Waals surface area contributed by atoms with Gasteiger partial charge in [0.25, 0.3) is 0 Å². The van der Waals surface area contributed by atoms with E-state index in [1.807, 2.05) is 0 Å². The Morgan fingerprint density at radius 3 is 1.09 bits per heavy atom. The van der Waals surface area contributed by atoms with Gasteiger partial charge >= 0.3 is 0 Å². The van der Waals surface area contributed by atoms with Crippen molar-refractivity contribution in [3.63, 3.8) is 0 Å². The van der Waals surface area contributed by atoms with Crippen molar-refractivity contribution in [2.45, 2.75) is 271 Å². The highest BCUT2D eigenvalue weighted by Crippen LogP contribution is 2.30. The van der Waals surface area contributed by atoms with Gasteiger partial charge in [-0.15, -0.1) is 0 Å². The molecule has 0 N–H and O–H groups in total. The average Bonchev–Trinajstić information content (AvgIpc) is 3.14. The number of unbranched alkanes of at least 4 members (excludes halogenated alkanes) is 21. The van der Waals surface area contributed by atoms with E-state index in [0.29, 0.717) is 0 Å². The smallest absolute Gasteiger partial charge is 0.173 e. The summed E-state index contributed by atoms with van der Waals surface area (Å²) >= 11 is 0. The van der Waals surface area contributed by atoms with Crippen molar-refractivity contribution in [2.75, 3.05) is 13.2 Å². The van der Waals surface area contributed by atoms with E-state index in [9.17, 15) is 0 Å². The van der Waals surface area contributed by atoms with E-state index in [2.05, 4.69) is 91.3 Å². The van der Waals surface area contributed by atoms with Gasteiger partial charge in [-0.05, 0) is 114 Å². The molecule has 1 aromatic carbocycles. The Morgan fingerprint density at radius 1 is 0.362 bits per heavy atom. The van der Waals surface area contributed by atoms with Gasteiger partial charge in [0.15, 0.2) is 33.3 Å². The van der Waals surface area contributed by atoms with Gasteiger partial charge < -0.3 is 17.7 Å². The van der Waals surface area contributed by atoms with Crippen molar-refractivity contribution in [2.24, 2.45) is 0 Å². The zero-order valence-corrected chi connectivity index (χ0v) is 45.2. The maximum Gasteiger partial charge on any atom is 0.173 e. The molecular formula is C50H102O4Si4. The Balaban J connectivity index is 2.41. The van der Waals surface area contributed by atoms with E-state index in [4.69, 9.17) is 17.7 Å². The molecule has 58 heavy (non-hydrogen) atoms. The van der Waals surface area contributed by atoms with Gasteiger partial charge in [0.1, 0.15) is 11.5 Å². The molecule has 1 aromatic rings. The van der Waals surface area contributed by atoms with Crippen LogP contribution < -0.4 is 9.47 Å². The number of hydrogen-bond acceptors (Lipinski definition) is 4. The van der Waals surface area contributed by atoms with Crippen LogP contribution in [0.1, 0.15) is 193 Å². The largest absolute Gasteiger partial charge is 0.493 e. The van der Waals surface area contributed by atoms with Crippen molar-refractivity contribution in [1.29, 1.82) is 0 Å². The summed E-state index contributed by atoms with van der Waals surface area (Å²) in [6, 6.07) is 11.9. The fourth-order valence-corrected chi connectivity index (χ4v) is 26.8. The van der Waals surface area contributed by atoms with Crippen LogP contribution in [-0.2, 0) is 14.7 Å². The number of hydrogen-bond donors (Lipinski definition) is 0. The fraction of sp³-hybridized carbons (Fsp3) is 0.880. The molecule has 1 rings (SSSR count). The fourth-order valence-electron chi connectivity index (χ4n) is 8.81. The summed E-state index contributed by atoms with van der Waals surface area (Å²) < 4.78 is 26.7. The van der Waals surface area contributed by atoms with E-state index in [1.54, 1.807) is 0 Å². The van der Waals surface area contributed by atoms with E-state index in [-0.39, 0.29) is 0 Å². The first kappa shape index (κ1) is 55.6. The molecule has 0 fully saturated rings. The Labute approximate surface area is 368 Å². The second-order valence-electron chi connectivity index (χ2n) is 20.6. The Bertz CT molecular complexity index is 1110. The van der Waals surface area contributed by atoms with E-state index >= 15 is 0 Å². The Morgan fingerprint density at radius 2 is 0.690 bits per heavy atom. The summed E-state index contributed by atoms with van der Waals surface area (Å²) in [4.78, 5) is 0. The minimum atomic E-state index is -1.61. The molecule has 0 bridgehead atoms. The monoisotopic (exact) mass is 879 g/mol. The van der Waals surface area contributed by atoms with Gasteiger partial charge in [-0.25, -0.2) is 0 Å². The van der Waals surface area contributed by atoms with Gasteiger partial charge in [-0.1, -0.05) is 175 Å². The molecule has 0 saturated heterocycles. The Kier molecular flexibility index (Phi) is 31.8. The van der Waals surface area contributed by atoms with Crippen LogP contribution >= 0.6 is 0 Å². The number of benzene rings is 1. The van der Waals surface area contributed by atoms with Crippen molar-refractivity contribution < 1.29 is 17.7 Å². The van der Waals surface area contributed by atoms with Crippen LogP contribution in [0.5, 0.6) is 11.5 Å². The first-order valence-electron chi connectivity index (χ1n) is 25.4. The molecule has 0 aliphatic carbocycles. The molecular weight excluding hydrogens is 777 g/mol. The lowest BCUT2D eigenvalue weighted by Crippen LogP contribution is -2.44. The van der Waals surface area contributed by atoms with Crippen LogP contribution in [0, 0.1) is 0 Å². The molecule has 0 spiro atoms. The lowest BCUT2D eigenvalue weighted by atomic mass is 10.0. The van der Waals surface area contributed by atoms with Gasteiger partial charge in [0, 0.05) is 6.07 Å². The normalized spacial score (nSPS) is 12.7. The van der Waals surface area contributed by atoms with Gasteiger partial charge in [0.2, 0.25) is 0 Å². The summed E-state index contributed by atoms with van der Waals surface area (Å²) in [5.74, 6) is 2.02. The van der Waals surface area contributed by atoms with Crippen molar-refractivity contribution in [3.05, 3.63) is 23.8 Å². The quantitative estimate of drug-likeness (QED) is 0.0485. The van der Waals surface area contributed by atoms with Crippen LogP contribution in [0.15, 0.2) is 18.2 Å². The van der Waals surface area contributed by atoms with E-state index in [1.165, 1.54) is 184 Å². The minimum absolute atomic E-state index is 0.785. The van der Waals surface area contributed by atoms with E-state index in [0.717, 1.165) is 44.0 Å². The average molecular weight is 880 g/mol. The van der Waals surface area contributed by atoms with Gasteiger partial charge in [0.05, 0.1) is 13.2 Å². The minimum Gasteiger partial charge on any atom is -0.493 e. The second-order valence-corrected chi connectivity index (χ2v) is 38.3. The molecule has 0 aromatic heterocycles. The summed E-state index contributed by atoms with van der Waals surface area (Å²) in [7, 11) is -6.34. The van der Waals surface area contributed by atoms with Crippen molar-refractivity contribution in [1.82, 2.24) is 0 Å². The molecule has 4 nitrogen and oxygen atoms in total. The predicted octanol–water partition coefficient (Wildman–Crippen LogP) is 18.0. The molecule has 0 radical (unpaired) electrons. The second kappa shape index (κ2) is 33.2. The molecule has 0 atom stereocenters. The number of rotatable bonds is 41. The zero-order chi connectivity index (χ0) is 43.0. The highest BCUT2D eigenvalue weighted by atomic mass is 28.4. The molecule has 0 unspecified atom stereocenters. The van der Waals surface area contributed by atoms with Crippen LogP contribution in [-0.4, -0.2) is 46.5 Å². The lowest BCUT2D eigenvalue weighted by Gasteiger charge is -2.34. The molecule has 0 aliphatic rings. The first-order valence-corrected chi connectivity index (χ1v) is 37.9. The summed E-state index contributed by atoms with van der Waals surface area (Å²) in [5, 5.41) is 0. The first-order chi connectivity index (χ1) is 27.6. The molecule has 8 heteroatoms. The third-order valence-corrected chi connectivity index (χ3v) is 27.2. The maximum absolute atomic E-state index is 6.97. The Hall–Kier alpha value is -0.392. The summed E-state index contributed by atoms with van der Waals surface area (Å²) in [6.07, 6.45) is 35.5. The lowest BCUT2D eigenvalue weighted by molar-refractivity contribution is 0.288. The van der Waals surface area contributed by atoms with Crippen LogP contribution in [0.4, 0.5) is 0 Å². The maximum atomic E-state index is 6.97. The number of aryl methyl sites for hydroxylation is 1. The topological polar surface area (TPSA) is 36.9 Å².